The van der Waals surface area contributed by atoms with Crippen LogP contribution < -0.4 is 19.2 Å². The van der Waals surface area contributed by atoms with Crippen molar-refractivity contribution >= 4 is 39.4 Å². The van der Waals surface area contributed by atoms with Crippen LogP contribution >= 0.6 is 11.6 Å². The van der Waals surface area contributed by atoms with Crippen molar-refractivity contribution < 1.29 is 22.7 Å². The highest BCUT2D eigenvalue weighted by atomic mass is 35.5. The Kier molecular flexibility index (Phi) is 9.71. The molecule has 3 rings (SSSR count). The van der Waals surface area contributed by atoms with Crippen molar-refractivity contribution in [2.75, 3.05) is 23.8 Å². The molecule has 0 saturated carbocycles. The number of halogens is 1. The molecule has 0 fully saturated rings. The summed E-state index contributed by atoms with van der Waals surface area (Å²) < 4.78 is 37.3. The first-order valence-electron chi connectivity index (χ1n) is 11.4. The lowest BCUT2D eigenvalue weighted by Gasteiger charge is -2.23. The Bertz CT molecular complexity index is 1380. The Hall–Kier alpha value is -3.82. The van der Waals surface area contributed by atoms with Gasteiger partial charge in [-0.2, -0.15) is 5.10 Å². The molecule has 0 heterocycles. The summed E-state index contributed by atoms with van der Waals surface area (Å²) in [5.74, 6) is 0.693. The summed E-state index contributed by atoms with van der Waals surface area (Å²) in [6.07, 6.45) is 4.25. The number of hydrogen-bond donors (Lipinski definition) is 1. The van der Waals surface area contributed by atoms with Gasteiger partial charge in [-0.05, 0) is 66.6 Å². The molecule has 0 aliphatic rings. The lowest BCUT2D eigenvalue weighted by Crippen LogP contribution is -2.29. The van der Waals surface area contributed by atoms with Crippen molar-refractivity contribution in [1.82, 2.24) is 5.43 Å². The summed E-state index contributed by atoms with van der Waals surface area (Å²) in [6.45, 7) is 6.39. The van der Waals surface area contributed by atoms with Gasteiger partial charge in [0.25, 0.3) is 5.91 Å². The van der Waals surface area contributed by atoms with E-state index >= 15 is 0 Å². The monoisotopic (exact) mass is 541 g/mol. The molecule has 0 unspecified atom stereocenters. The number of sulfonamides is 1. The Morgan fingerprint density at radius 1 is 1.08 bits per heavy atom. The van der Waals surface area contributed by atoms with Crippen LogP contribution in [-0.2, 0) is 16.6 Å². The van der Waals surface area contributed by atoms with Crippen LogP contribution in [0.3, 0.4) is 0 Å². The largest absolute Gasteiger partial charge is 0.490 e. The maximum atomic E-state index is 12.6. The van der Waals surface area contributed by atoms with E-state index in [1.54, 1.807) is 60.7 Å². The third-order valence-corrected chi connectivity index (χ3v) is 6.60. The topological polar surface area (TPSA) is 97.3 Å². The van der Waals surface area contributed by atoms with Crippen molar-refractivity contribution in [2.24, 2.45) is 5.10 Å². The van der Waals surface area contributed by atoms with Gasteiger partial charge in [0.15, 0.2) is 11.5 Å². The van der Waals surface area contributed by atoms with Gasteiger partial charge in [-0.25, -0.2) is 13.8 Å². The van der Waals surface area contributed by atoms with Crippen LogP contribution in [0.1, 0.15) is 28.4 Å². The average Bonchev–Trinajstić information content (AvgIpc) is 2.87. The van der Waals surface area contributed by atoms with Crippen LogP contribution in [0.2, 0.25) is 5.02 Å². The van der Waals surface area contributed by atoms with Gasteiger partial charge < -0.3 is 9.47 Å². The molecule has 0 radical (unpaired) electrons. The minimum Gasteiger partial charge on any atom is -0.490 e. The zero-order chi connectivity index (χ0) is 26.8. The number of carbonyl (C=O) groups excluding carboxylic acids is 1. The maximum Gasteiger partial charge on any atom is 0.271 e. The van der Waals surface area contributed by atoms with Crippen molar-refractivity contribution in [2.45, 2.75) is 13.5 Å². The minimum absolute atomic E-state index is 0.0650. The molecule has 1 N–H and O–H groups in total. The Morgan fingerprint density at radius 2 is 1.81 bits per heavy atom. The number of anilines is 1. The quantitative estimate of drug-likeness (QED) is 0.197. The second kappa shape index (κ2) is 12.9. The van der Waals surface area contributed by atoms with Gasteiger partial charge >= 0.3 is 0 Å². The highest BCUT2D eigenvalue weighted by molar-refractivity contribution is 7.92. The Balaban J connectivity index is 1.70. The summed E-state index contributed by atoms with van der Waals surface area (Å²) >= 11 is 6.21. The van der Waals surface area contributed by atoms with E-state index in [1.807, 2.05) is 6.92 Å². The van der Waals surface area contributed by atoms with Gasteiger partial charge in [-0.3, -0.25) is 9.10 Å². The van der Waals surface area contributed by atoms with Gasteiger partial charge in [0, 0.05) is 10.6 Å². The molecule has 1 amide bonds. The normalized spacial score (nSPS) is 11.2. The second-order valence-corrected chi connectivity index (χ2v) is 10.2. The Morgan fingerprint density at radius 3 is 2.46 bits per heavy atom. The maximum absolute atomic E-state index is 12.6. The molecule has 0 bridgehead atoms. The molecule has 0 aliphatic carbocycles. The van der Waals surface area contributed by atoms with E-state index in [0.717, 1.165) is 6.26 Å². The van der Waals surface area contributed by atoms with E-state index in [4.69, 9.17) is 21.1 Å². The molecule has 0 saturated heterocycles. The van der Waals surface area contributed by atoms with Crippen LogP contribution in [-0.4, -0.2) is 40.0 Å². The third-order valence-electron chi connectivity index (χ3n) is 5.09. The van der Waals surface area contributed by atoms with Crippen LogP contribution in [0.15, 0.2) is 84.5 Å². The van der Waals surface area contributed by atoms with Gasteiger partial charge in [-0.15, -0.1) is 0 Å². The summed E-state index contributed by atoms with van der Waals surface area (Å²) in [4.78, 5) is 12.6. The Labute approximate surface area is 222 Å². The van der Waals surface area contributed by atoms with E-state index in [9.17, 15) is 13.2 Å². The second-order valence-electron chi connectivity index (χ2n) is 7.85. The predicted molar refractivity (Wildman–Crippen MR) is 147 cm³/mol. The first kappa shape index (κ1) is 27.8. The number of hydrazone groups is 1. The van der Waals surface area contributed by atoms with Gasteiger partial charge in [0.05, 0.1) is 31.3 Å². The van der Waals surface area contributed by atoms with Crippen LogP contribution in [0, 0.1) is 0 Å². The highest BCUT2D eigenvalue weighted by Gasteiger charge is 2.19. The predicted octanol–water partition coefficient (Wildman–Crippen LogP) is 5.03. The number of benzene rings is 3. The van der Waals surface area contributed by atoms with Gasteiger partial charge in [-0.1, -0.05) is 42.5 Å². The summed E-state index contributed by atoms with van der Waals surface area (Å²) in [6, 6.07) is 18.5. The van der Waals surface area contributed by atoms with Gasteiger partial charge in [0.1, 0.15) is 6.61 Å². The smallest absolute Gasteiger partial charge is 0.271 e. The van der Waals surface area contributed by atoms with Crippen molar-refractivity contribution in [1.29, 1.82) is 0 Å². The molecule has 3 aromatic carbocycles. The molecular weight excluding hydrogens is 514 g/mol. The summed E-state index contributed by atoms with van der Waals surface area (Å²) in [7, 11) is -3.60. The van der Waals surface area contributed by atoms with Crippen LogP contribution in [0.25, 0.3) is 0 Å². The molecule has 3 aromatic rings. The number of hydrogen-bond acceptors (Lipinski definition) is 6. The van der Waals surface area contributed by atoms with E-state index in [1.165, 1.54) is 22.7 Å². The number of nitrogens with one attached hydrogen (secondary N) is 1. The van der Waals surface area contributed by atoms with E-state index < -0.39 is 15.9 Å². The zero-order valence-corrected chi connectivity index (χ0v) is 22.1. The van der Waals surface area contributed by atoms with Gasteiger partial charge in [0.2, 0.25) is 10.0 Å². The number of amides is 1. The molecule has 0 aliphatic heterocycles. The molecule has 37 heavy (non-hydrogen) atoms. The van der Waals surface area contributed by atoms with E-state index in [-0.39, 0.29) is 6.54 Å². The highest BCUT2D eigenvalue weighted by Crippen LogP contribution is 2.28. The van der Waals surface area contributed by atoms with Crippen molar-refractivity contribution in [3.05, 3.63) is 101 Å². The third kappa shape index (κ3) is 7.83. The average molecular weight is 542 g/mol. The van der Waals surface area contributed by atoms with Crippen LogP contribution in [0.4, 0.5) is 5.69 Å². The summed E-state index contributed by atoms with van der Waals surface area (Å²) in [5, 5.41) is 4.49. The molecule has 8 nitrogen and oxygen atoms in total. The zero-order valence-electron chi connectivity index (χ0n) is 20.6. The lowest BCUT2D eigenvalue weighted by atomic mass is 10.2. The molecule has 0 spiro atoms. The number of nitrogens with zero attached hydrogens (tertiary/aromatic N) is 2. The van der Waals surface area contributed by atoms with E-state index in [2.05, 4.69) is 17.1 Å². The fourth-order valence-electron chi connectivity index (χ4n) is 3.33. The lowest BCUT2D eigenvalue weighted by molar-refractivity contribution is 0.0955. The van der Waals surface area contributed by atoms with E-state index in [0.29, 0.717) is 52.1 Å². The minimum atomic E-state index is -3.60. The first-order chi connectivity index (χ1) is 17.7. The number of ether oxygens (including phenoxy) is 2. The first-order valence-corrected chi connectivity index (χ1v) is 13.6. The number of rotatable bonds is 12. The standard InChI is InChI=1S/C27H28ClN3O5S/c1-4-16-36-25-15-10-20(17-26(25)35-5-2)18-29-30-27(32)21-11-13-23(14-12-21)31(37(3,33)34)19-22-8-6-7-9-24(22)28/h4,6-15,17-18H,1,5,16,19H2,2-3H3,(H,30,32)/b29-18+. The molecule has 0 aromatic heterocycles. The summed E-state index contributed by atoms with van der Waals surface area (Å²) in [5.41, 5.74) is 4.56. The molecular formula is C27H28ClN3O5S. The van der Waals surface area contributed by atoms with Crippen molar-refractivity contribution in [3.63, 3.8) is 0 Å². The fraction of sp³-hybridized carbons (Fsp3) is 0.185. The fourth-order valence-corrected chi connectivity index (χ4v) is 4.41. The number of carbonyl (C=O) groups is 1. The SMILES string of the molecule is C=CCOc1ccc(/C=N/NC(=O)c2ccc(N(Cc3ccccc3Cl)S(C)(=O)=O)cc2)cc1OCC. The molecule has 194 valence electrons. The molecule has 10 heteroatoms. The molecule has 0 atom stereocenters. The van der Waals surface area contributed by atoms with Crippen molar-refractivity contribution in [3.8, 4) is 11.5 Å². The van der Waals surface area contributed by atoms with Crippen LogP contribution in [0.5, 0.6) is 11.5 Å².